The van der Waals surface area contributed by atoms with E-state index in [4.69, 9.17) is 10.00 Å². The van der Waals surface area contributed by atoms with Crippen LogP contribution in [-0.4, -0.2) is 17.1 Å². The van der Waals surface area contributed by atoms with Crippen molar-refractivity contribution in [1.29, 1.82) is 5.26 Å². The van der Waals surface area contributed by atoms with Crippen LogP contribution in [0.3, 0.4) is 0 Å². The van der Waals surface area contributed by atoms with Gasteiger partial charge in [0.25, 0.3) is 0 Å². The van der Waals surface area contributed by atoms with Gasteiger partial charge in [0.1, 0.15) is 11.8 Å². The molecule has 0 unspecified atom stereocenters. The fourth-order valence-electron chi connectivity index (χ4n) is 1.44. The first-order valence-electron chi connectivity index (χ1n) is 5.41. The molecule has 0 spiro atoms. The number of aromatic nitrogens is 2. The van der Waals surface area contributed by atoms with Gasteiger partial charge in [0.05, 0.1) is 25.1 Å². The van der Waals surface area contributed by atoms with Crippen LogP contribution in [0.2, 0.25) is 0 Å². The van der Waals surface area contributed by atoms with Crippen molar-refractivity contribution in [2.24, 2.45) is 0 Å². The summed E-state index contributed by atoms with van der Waals surface area (Å²) < 4.78 is 5.14. The number of rotatable bonds is 4. The van der Waals surface area contributed by atoms with Crippen LogP contribution in [0.4, 0.5) is 5.95 Å². The minimum Gasteiger partial charge on any atom is -0.497 e. The Hall–Kier alpha value is -2.61. The summed E-state index contributed by atoms with van der Waals surface area (Å²) in [5, 5.41) is 11.7. The van der Waals surface area contributed by atoms with E-state index in [0.29, 0.717) is 18.1 Å². The highest BCUT2D eigenvalue weighted by atomic mass is 16.5. The molecule has 2 rings (SSSR count). The first-order chi connectivity index (χ1) is 8.81. The number of ether oxygens (including phenoxy) is 1. The monoisotopic (exact) mass is 240 g/mol. The molecule has 0 atom stereocenters. The highest BCUT2D eigenvalue weighted by Crippen LogP contribution is 2.13. The molecule has 0 saturated carbocycles. The van der Waals surface area contributed by atoms with Crippen molar-refractivity contribution in [2.45, 2.75) is 6.54 Å². The summed E-state index contributed by atoms with van der Waals surface area (Å²) in [6, 6.07) is 9.72. The second kappa shape index (κ2) is 5.64. The number of benzene rings is 1. The Labute approximate surface area is 105 Å². The number of nitrogens with zero attached hydrogens (tertiary/aromatic N) is 3. The Morgan fingerprint density at radius 2 is 2.11 bits per heavy atom. The van der Waals surface area contributed by atoms with E-state index in [1.165, 1.54) is 12.4 Å². The third-order valence-electron chi connectivity index (χ3n) is 2.37. The van der Waals surface area contributed by atoms with Crippen molar-refractivity contribution in [3.05, 3.63) is 47.8 Å². The van der Waals surface area contributed by atoms with E-state index in [2.05, 4.69) is 15.3 Å². The Bertz CT molecular complexity index is 560. The number of methoxy groups -OCH3 is 1. The van der Waals surface area contributed by atoms with Crippen LogP contribution < -0.4 is 10.1 Å². The van der Waals surface area contributed by atoms with Crippen LogP contribution in [0.25, 0.3) is 0 Å². The highest BCUT2D eigenvalue weighted by Gasteiger charge is 1.99. The van der Waals surface area contributed by atoms with Gasteiger partial charge >= 0.3 is 0 Å². The molecule has 0 aliphatic heterocycles. The average molecular weight is 240 g/mol. The minimum atomic E-state index is 0.446. The van der Waals surface area contributed by atoms with Gasteiger partial charge in [-0.1, -0.05) is 12.1 Å². The number of hydrogen-bond donors (Lipinski definition) is 1. The standard InChI is InChI=1S/C13H12N4O/c1-18-12-4-2-3-10(5-12)7-15-13-16-8-11(6-14)9-17-13/h2-5,8-9H,7H2,1H3,(H,15,16,17). The molecule has 90 valence electrons. The van der Waals surface area contributed by atoms with Gasteiger partial charge in [-0.15, -0.1) is 0 Å². The first kappa shape index (κ1) is 11.9. The van der Waals surface area contributed by atoms with Gasteiger partial charge in [-0.3, -0.25) is 0 Å². The lowest BCUT2D eigenvalue weighted by Gasteiger charge is -2.06. The third kappa shape index (κ3) is 2.95. The van der Waals surface area contributed by atoms with Crippen molar-refractivity contribution < 1.29 is 4.74 Å². The molecule has 18 heavy (non-hydrogen) atoms. The first-order valence-corrected chi connectivity index (χ1v) is 5.41. The lowest BCUT2D eigenvalue weighted by atomic mass is 10.2. The molecule has 0 aliphatic carbocycles. The predicted molar refractivity (Wildman–Crippen MR) is 67.1 cm³/mol. The maximum absolute atomic E-state index is 8.63. The zero-order valence-corrected chi connectivity index (χ0v) is 9.92. The largest absolute Gasteiger partial charge is 0.497 e. The Morgan fingerprint density at radius 3 is 2.78 bits per heavy atom. The summed E-state index contributed by atoms with van der Waals surface area (Å²) >= 11 is 0. The molecule has 0 aliphatic rings. The molecule has 0 radical (unpaired) electrons. The summed E-state index contributed by atoms with van der Waals surface area (Å²) in [4.78, 5) is 8.06. The number of nitrogens with one attached hydrogen (secondary N) is 1. The van der Waals surface area contributed by atoms with Crippen molar-refractivity contribution in [1.82, 2.24) is 9.97 Å². The molecule has 1 N–H and O–H groups in total. The normalized spacial score (nSPS) is 9.56. The summed E-state index contributed by atoms with van der Waals surface area (Å²) in [6.07, 6.45) is 2.97. The minimum absolute atomic E-state index is 0.446. The lowest BCUT2D eigenvalue weighted by Crippen LogP contribution is -2.03. The molecule has 1 aromatic heterocycles. The predicted octanol–water partition coefficient (Wildman–Crippen LogP) is 1.97. The van der Waals surface area contributed by atoms with Crippen molar-refractivity contribution >= 4 is 5.95 Å². The summed E-state index contributed by atoms with van der Waals surface area (Å²) in [7, 11) is 1.64. The number of anilines is 1. The van der Waals surface area contributed by atoms with Crippen LogP contribution in [-0.2, 0) is 6.54 Å². The van der Waals surface area contributed by atoms with E-state index < -0.39 is 0 Å². The SMILES string of the molecule is COc1cccc(CNc2ncc(C#N)cn2)c1. The van der Waals surface area contributed by atoms with E-state index in [0.717, 1.165) is 11.3 Å². The summed E-state index contributed by atoms with van der Waals surface area (Å²) in [6.45, 7) is 0.600. The van der Waals surface area contributed by atoms with E-state index in [1.807, 2.05) is 30.3 Å². The maximum Gasteiger partial charge on any atom is 0.222 e. The van der Waals surface area contributed by atoms with Gasteiger partial charge in [0, 0.05) is 6.54 Å². The molecular formula is C13H12N4O. The Morgan fingerprint density at radius 1 is 1.33 bits per heavy atom. The third-order valence-corrected chi connectivity index (χ3v) is 2.37. The van der Waals surface area contributed by atoms with Crippen molar-refractivity contribution in [3.63, 3.8) is 0 Å². The van der Waals surface area contributed by atoms with E-state index >= 15 is 0 Å². The highest BCUT2D eigenvalue weighted by molar-refractivity contribution is 5.33. The van der Waals surface area contributed by atoms with E-state index in [-0.39, 0.29) is 0 Å². The average Bonchev–Trinajstić information content (AvgIpc) is 2.46. The molecule has 5 nitrogen and oxygen atoms in total. The van der Waals surface area contributed by atoms with Crippen molar-refractivity contribution in [2.75, 3.05) is 12.4 Å². The van der Waals surface area contributed by atoms with Gasteiger partial charge in [-0.25, -0.2) is 9.97 Å². The summed E-state index contributed by atoms with van der Waals surface area (Å²) in [5.41, 5.74) is 1.52. The Balaban J connectivity index is 2.00. The zero-order valence-electron chi connectivity index (χ0n) is 9.92. The van der Waals surface area contributed by atoms with Crippen molar-refractivity contribution in [3.8, 4) is 11.8 Å². The van der Waals surface area contributed by atoms with Gasteiger partial charge in [-0.05, 0) is 17.7 Å². The molecule has 0 fully saturated rings. The molecule has 0 amide bonds. The maximum atomic E-state index is 8.63. The topological polar surface area (TPSA) is 70.8 Å². The smallest absolute Gasteiger partial charge is 0.222 e. The molecule has 1 heterocycles. The summed E-state index contributed by atoms with van der Waals surface area (Å²) in [5.74, 6) is 1.31. The molecule has 2 aromatic rings. The van der Waals surface area contributed by atoms with Gasteiger partial charge in [0.2, 0.25) is 5.95 Å². The number of nitriles is 1. The van der Waals surface area contributed by atoms with Crippen LogP contribution in [0.1, 0.15) is 11.1 Å². The zero-order chi connectivity index (χ0) is 12.8. The fraction of sp³-hybridized carbons (Fsp3) is 0.154. The van der Waals surface area contributed by atoms with Crippen LogP contribution in [0.15, 0.2) is 36.7 Å². The fourth-order valence-corrected chi connectivity index (χ4v) is 1.44. The molecule has 5 heteroatoms. The van der Waals surface area contributed by atoms with Crippen LogP contribution in [0, 0.1) is 11.3 Å². The van der Waals surface area contributed by atoms with Gasteiger partial charge in [-0.2, -0.15) is 5.26 Å². The van der Waals surface area contributed by atoms with E-state index in [1.54, 1.807) is 7.11 Å². The van der Waals surface area contributed by atoms with Gasteiger partial charge in [0.15, 0.2) is 0 Å². The number of hydrogen-bond acceptors (Lipinski definition) is 5. The van der Waals surface area contributed by atoms with Crippen LogP contribution in [0.5, 0.6) is 5.75 Å². The second-order valence-electron chi connectivity index (χ2n) is 3.61. The van der Waals surface area contributed by atoms with Gasteiger partial charge < -0.3 is 10.1 Å². The Kier molecular flexibility index (Phi) is 3.72. The molecule has 0 saturated heterocycles. The van der Waals surface area contributed by atoms with Crippen LogP contribution >= 0.6 is 0 Å². The molecule has 1 aromatic carbocycles. The van der Waals surface area contributed by atoms with E-state index in [9.17, 15) is 0 Å². The quantitative estimate of drug-likeness (QED) is 0.884. The molecule has 0 bridgehead atoms. The second-order valence-corrected chi connectivity index (χ2v) is 3.61. The lowest BCUT2D eigenvalue weighted by molar-refractivity contribution is 0.414. The molecular weight excluding hydrogens is 228 g/mol.